The molecule has 1 atom stereocenters. The molecular formula is C16H22F3N3O2. The van der Waals surface area contributed by atoms with Crippen LogP contribution in [0.25, 0.3) is 0 Å². The Kier molecular flexibility index (Phi) is 6.42. The van der Waals surface area contributed by atoms with Gasteiger partial charge in [-0.3, -0.25) is 4.79 Å². The molecule has 0 radical (unpaired) electrons. The van der Waals surface area contributed by atoms with E-state index in [1.54, 1.807) is 0 Å². The average molecular weight is 345 g/mol. The molecule has 0 aliphatic carbocycles. The zero-order valence-electron chi connectivity index (χ0n) is 13.5. The number of amides is 1. The van der Waals surface area contributed by atoms with Crippen LogP contribution in [-0.2, 0) is 4.79 Å². The zero-order valence-corrected chi connectivity index (χ0v) is 13.5. The van der Waals surface area contributed by atoms with Crippen LogP contribution in [0.4, 0.5) is 18.9 Å². The molecule has 1 aromatic rings. The van der Waals surface area contributed by atoms with Gasteiger partial charge in [0.2, 0.25) is 11.8 Å². The standard InChI is InChI=1S/C16H22F3N3O2/c1-11(12-4-6-20-7-5-12)8-14(23)22-13-2-3-15(21-9-13)24-10-16(17,18)19/h2-3,9,11-12,20H,4-8,10H2,1H3,(H,22,23). The molecule has 1 saturated heterocycles. The fourth-order valence-corrected chi connectivity index (χ4v) is 2.78. The van der Waals surface area contributed by atoms with Crippen molar-refractivity contribution in [3.63, 3.8) is 0 Å². The van der Waals surface area contributed by atoms with Gasteiger partial charge in [-0.05, 0) is 43.8 Å². The number of alkyl halides is 3. The Morgan fingerprint density at radius 2 is 2.12 bits per heavy atom. The number of hydrogen-bond donors (Lipinski definition) is 2. The van der Waals surface area contributed by atoms with E-state index in [9.17, 15) is 18.0 Å². The van der Waals surface area contributed by atoms with E-state index in [1.807, 2.05) is 0 Å². The van der Waals surface area contributed by atoms with Crippen molar-refractivity contribution in [2.24, 2.45) is 11.8 Å². The van der Waals surface area contributed by atoms with Crippen molar-refractivity contribution in [2.45, 2.75) is 32.4 Å². The van der Waals surface area contributed by atoms with Crippen LogP contribution in [0.3, 0.4) is 0 Å². The summed E-state index contributed by atoms with van der Waals surface area (Å²) in [5, 5.41) is 6.01. The van der Waals surface area contributed by atoms with Crippen LogP contribution in [-0.4, -0.2) is 36.8 Å². The second kappa shape index (κ2) is 8.32. The van der Waals surface area contributed by atoms with Crippen molar-refractivity contribution in [1.82, 2.24) is 10.3 Å². The van der Waals surface area contributed by atoms with Crippen LogP contribution in [0.1, 0.15) is 26.2 Å². The van der Waals surface area contributed by atoms with Gasteiger partial charge in [0.05, 0.1) is 11.9 Å². The molecule has 1 aliphatic rings. The summed E-state index contributed by atoms with van der Waals surface area (Å²) in [4.78, 5) is 15.8. The van der Waals surface area contributed by atoms with E-state index in [4.69, 9.17) is 0 Å². The SMILES string of the molecule is CC(CC(=O)Nc1ccc(OCC(F)(F)F)nc1)C1CCNCC1. The minimum absolute atomic E-state index is 0.119. The van der Waals surface area contributed by atoms with Crippen LogP contribution >= 0.6 is 0 Å². The first-order chi connectivity index (χ1) is 11.3. The van der Waals surface area contributed by atoms with E-state index in [0.717, 1.165) is 25.9 Å². The lowest BCUT2D eigenvalue weighted by Crippen LogP contribution is -2.32. The quantitative estimate of drug-likeness (QED) is 0.832. The summed E-state index contributed by atoms with van der Waals surface area (Å²) < 4.78 is 40.7. The molecule has 0 aromatic carbocycles. The van der Waals surface area contributed by atoms with Crippen LogP contribution in [0, 0.1) is 11.8 Å². The van der Waals surface area contributed by atoms with Gasteiger partial charge in [0.25, 0.3) is 0 Å². The van der Waals surface area contributed by atoms with Crippen molar-refractivity contribution in [1.29, 1.82) is 0 Å². The lowest BCUT2D eigenvalue weighted by molar-refractivity contribution is -0.154. The number of pyridine rings is 1. The van der Waals surface area contributed by atoms with Gasteiger partial charge in [-0.15, -0.1) is 0 Å². The largest absolute Gasteiger partial charge is 0.468 e. The molecule has 0 spiro atoms. The summed E-state index contributed by atoms with van der Waals surface area (Å²) in [5.41, 5.74) is 0.442. The number of piperidine rings is 1. The topological polar surface area (TPSA) is 63.2 Å². The molecule has 2 rings (SSSR count). The molecule has 2 heterocycles. The predicted molar refractivity (Wildman–Crippen MR) is 83.8 cm³/mol. The maximum atomic E-state index is 12.1. The van der Waals surface area contributed by atoms with Crippen molar-refractivity contribution in [2.75, 3.05) is 25.0 Å². The number of carbonyl (C=O) groups excluding carboxylic acids is 1. The number of carbonyl (C=O) groups is 1. The number of nitrogens with zero attached hydrogens (tertiary/aromatic N) is 1. The van der Waals surface area contributed by atoms with Gasteiger partial charge in [-0.1, -0.05) is 6.92 Å². The van der Waals surface area contributed by atoms with Crippen molar-refractivity contribution >= 4 is 11.6 Å². The molecule has 24 heavy (non-hydrogen) atoms. The zero-order chi connectivity index (χ0) is 17.6. The Morgan fingerprint density at radius 1 is 1.42 bits per heavy atom. The molecule has 5 nitrogen and oxygen atoms in total. The summed E-state index contributed by atoms with van der Waals surface area (Å²) in [6, 6.07) is 2.78. The minimum atomic E-state index is -4.40. The summed E-state index contributed by atoms with van der Waals surface area (Å²) in [6.45, 7) is 2.65. The van der Waals surface area contributed by atoms with Crippen LogP contribution in [0.2, 0.25) is 0 Å². The van der Waals surface area contributed by atoms with Gasteiger partial charge in [0.1, 0.15) is 0 Å². The van der Waals surface area contributed by atoms with Crippen LogP contribution in [0.5, 0.6) is 5.88 Å². The molecule has 1 fully saturated rings. The fraction of sp³-hybridized carbons (Fsp3) is 0.625. The van der Waals surface area contributed by atoms with E-state index in [0.29, 0.717) is 18.0 Å². The highest BCUT2D eigenvalue weighted by molar-refractivity contribution is 5.90. The minimum Gasteiger partial charge on any atom is -0.468 e. The first-order valence-corrected chi connectivity index (χ1v) is 7.99. The molecule has 0 saturated carbocycles. The van der Waals surface area contributed by atoms with E-state index in [-0.39, 0.29) is 17.7 Å². The fourth-order valence-electron chi connectivity index (χ4n) is 2.78. The molecular weight excluding hydrogens is 323 g/mol. The Hall–Kier alpha value is -1.83. The van der Waals surface area contributed by atoms with E-state index in [2.05, 4.69) is 27.3 Å². The Labute approximate surface area is 139 Å². The second-order valence-corrected chi connectivity index (χ2v) is 6.11. The Balaban J connectivity index is 1.78. The maximum Gasteiger partial charge on any atom is 0.422 e. The molecule has 1 unspecified atom stereocenters. The number of hydrogen-bond acceptors (Lipinski definition) is 4. The summed E-state index contributed by atoms with van der Waals surface area (Å²) >= 11 is 0. The molecule has 0 bridgehead atoms. The van der Waals surface area contributed by atoms with Gasteiger partial charge in [0, 0.05) is 12.5 Å². The average Bonchev–Trinajstić information content (AvgIpc) is 2.54. The monoisotopic (exact) mass is 345 g/mol. The number of aromatic nitrogens is 1. The van der Waals surface area contributed by atoms with Gasteiger partial charge in [-0.25, -0.2) is 4.98 Å². The van der Waals surface area contributed by atoms with Crippen LogP contribution in [0.15, 0.2) is 18.3 Å². The molecule has 1 aromatic heterocycles. The maximum absolute atomic E-state index is 12.1. The van der Waals surface area contributed by atoms with E-state index < -0.39 is 12.8 Å². The van der Waals surface area contributed by atoms with Crippen molar-refractivity contribution in [3.05, 3.63) is 18.3 Å². The number of halogens is 3. The number of rotatable bonds is 6. The lowest BCUT2D eigenvalue weighted by Gasteiger charge is -2.27. The van der Waals surface area contributed by atoms with Gasteiger partial charge < -0.3 is 15.4 Å². The number of anilines is 1. The summed E-state index contributed by atoms with van der Waals surface area (Å²) in [6.07, 6.45) is -0.558. The molecule has 1 aliphatic heterocycles. The molecule has 1 amide bonds. The van der Waals surface area contributed by atoms with Gasteiger partial charge in [0.15, 0.2) is 6.61 Å². The van der Waals surface area contributed by atoms with Crippen molar-refractivity contribution < 1.29 is 22.7 Å². The normalized spacial score (nSPS) is 17.3. The number of ether oxygens (including phenoxy) is 1. The lowest BCUT2D eigenvalue weighted by atomic mass is 9.84. The smallest absolute Gasteiger partial charge is 0.422 e. The predicted octanol–water partition coefficient (Wildman–Crippen LogP) is 2.99. The highest BCUT2D eigenvalue weighted by atomic mass is 19.4. The number of nitrogens with one attached hydrogen (secondary N) is 2. The first kappa shape index (κ1) is 18.5. The van der Waals surface area contributed by atoms with E-state index >= 15 is 0 Å². The molecule has 134 valence electrons. The Bertz CT molecular complexity index is 528. The Morgan fingerprint density at radius 3 is 2.71 bits per heavy atom. The van der Waals surface area contributed by atoms with Gasteiger partial charge in [-0.2, -0.15) is 13.2 Å². The molecule has 2 N–H and O–H groups in total. The third kappa shape index (κ3) is 6.35. The third-order valence-electron chi connectivity index (χ3n) is 4.10. The third-order valence-corrected chi connectivity index (χ3v) is 4.10. The van der Waals surface area contributed by atoms with E-state index in [1.165, 1.54) is 18.3 Å². The highest BCUT2D eigenvalue weighted by Crippen LogP contribution is 2.25. The second-order valence-electron chi connectivity index (χ2n) is 6.11. The van der Waals surface area contributed by atoms with Crippen molar-refractivity contribution in [3.8, 4) is 5.88 Å². The summed E-state index contributed by atoms with van der Waals surface area (Å²) in [7, 11) is 0. The molecule has 8 heteroatoms. The van der Waals surface area contributed by atoms with Gasteiger partial charge >= 0.3 is 6.18 Å². The van der Waals surface area contributed by atoms with Crippen LogP contribution < -0.4 is 15.4 Å². The highest BCUT2D eigenvalue weighted by Gasteiger charge is 2.28. The summed E-state index contributed by atoms with van der Waals surface area (Å²) in [5.74, 6) is 0.572. The first-order valence-electron chi connectivity index (χ1n) is 7.99.